The number of benzene rings is 2. The number of fused-ring (bicyclic) bond motifs is 3. The van der Waals surface area contributed by atoms with E-state index in [0.717, 1.165) is 23.4 Å². The molecule has 0 spiro atoms. The molecule has 32 heavy (non-hydrogen) atoms. The summed E-state index contributed by atoms with van der Waals surface area (Å²) in [6.45, 7) is 4.72. The monoisotopic (exact) mass is 597 g/mol. The Kier molecular flexibility index (Phi) is 4.63. The number of aromatic nitrogens is 1. The van der Waals surface area contributed by atoms with Crippen molar-refractivity contribution in [3.63, 3.8) is 0 Å². The quantitative estimate of drug-likeness (QED) is 0.283. The van der Waals surface area contributed by atoms with E-state index in [1.807, 2.05) is 0 Å². The molecule has 5 aliphatic carbocycles. The molecule has 0 atom stereocenters. The fourth-order valence-corrected chi connectivity index (χ4v) is 8.33. The van der Waals surface area contributed by atoms with E-state index >= 15 is 0 Å². The summed E-state index contributed by atoms with van der Waals surface area (Å²) in [6, 6.07) is 21.6. The van der Waals surface area contributed by atoms with E-state index in [1.54, 1.807) is 5.56 Å². The van der Waals surface area contributed by atoms with Gasteiger partial charge in [-0.25, -0.2) is 0 Å². The molecule has 2 heteroatoms. The van der Waals surface area contributed by atoms with Gasteiger partial charge in [-0.2, -0.15) is 0 Å². The third-order valence-electron chi connectivity index (χ3n) is 9.18. The molecule has 0 unspecified atom stereocenters. The Hall–Kier alpha value is -1.76. The number of hydrogen-bond donors (Lipinski definition) is 0. The van der Waals surface area contributed by atoms with Gasteiger partial charge in [-0.3, -0.25) is 0 Å². The Morgan fingerprint density at radius 3 is 2.28 bits per heavy atom. The summed E-state index contributed by atoms with van der Waals surface area (Å²) < 4.78 is 0. The number of nitrogens with zero attached hydrogens (tertiary/aromatic N) is 1. The van der Waals surface area contributed by atoms with Crippen molar-refractivity contribution in [1.29, 1.82) is 0 Å². The van der Waals surface area contributed by atoms with Crippen molar-refractivity contribution in [2.75, 3.05) is 0 Å². The van der Waals surface area contributed by atoms with Crippen molar-refractivity contribution in [3.05, 3.63) is 77.5 Å². The molecule has 2 aromatic carbocycles. The van der Waals surface area contributed by atoms with Gasteiger partial charge in [0, 0.05) is 26.3 Å². The van der Waals surface area contributed by atoms with Crippen LogP contribution in [0.3, 0.4) is 0 Å². The molecule has 0 N–H and O–H groups in total. The van der Waals surface area contributed by atoms with Crippen molar-refractivity contribution in [1.82, 2.24) is 4.98 Å². The van der Waals surface area contributed by atoms with E-state index in [-0.39, 0.29) is 25.5 Å². The minimum absolute atomic E-state index is 0. The molecule has 3 aromatic rings. The van der Waals surface area contributed by atoms with Crippen molar-refractivity contribution in [2.45, 2.75) is 63.2 Å². The SMILES string of the molecule is CC1(C)c2ccccc2-c2cc[c-]c(-c3cc(C45CC6CC(CC(C6)C4)C5)ccn3)c21.[Ir]. The van der Waals surface area contributed by atoms with Crippen molar-refractivity contribution < 1.29 is 20.1 Å². The van der Waals surface area contributed by atoms with Gasteiger partial charge >= 0.3 is 0 Å². The Morgan fingerprint density at radius 2 is 1.56 bits per heavy atom. The molecule has 4 bridgehead atoms. The van der Waals surface area contributed by atoms with Gasteiger partial charge in [0.15, 0.2) is 0 Å². The van der Waals surface area contributed by atoms with Crippen LogP contribution in [0.1, 0.15) is 69.1 Å². The normalized spacial score (nSPS) is 30.5. The largest absolute Gasteiger partial charge is 0.305 e. The van der Waals surface area contributed by atoms with Gasteiger partial charge in [0.1, 0.15) is 0 Å². The second-order valence-corrected chi connectivity index (χ2v) is 11.4. The zero-order chi connectivity index (χ0) is 20.8. The molecule has 5 aliphatic rings. The standard InChI is InChI=1S/C30H30N.Ir/c1-29(2)26-9-4-3-6-23(26)24-7-5-8-25(28(24)29)27-15-22(10-11-31-27)30-16-19-12-20(17-30)14-21(13-19)18-30;/h3-7,9-11,15,19-21H,12-14,16-18H2,1-2H3;/q-1;. The zero-order valence-electron chi connectivity index (χ0n) is 19.0. The molecule has 8 rings (SSSR count). The minimum Gasteiger partial charge on any atom is -0.305 e. The third kappa shape index (κ3) is 2.82. The van der Waals surface area contributed by atoms with Crippen molar-refractivity contribution in [3.8, 4) is 22.4 Å². The van der Waals surface area contributed by atoms with Gasteiger partial charge in [0.25, 0.3) is 0 Å². The van der Waals surface area contributed by atoms with E-state index in [1.165, 1.54) is 66.3 Å². The predicted molar refractivity (Wildman–Crippen MR) is 126 cm³/mol. The molecule has 0 aliphatic heterocycles. The third-order valence-corrected chi connectivity index (χ3v) is 9.18. The topological polar surface area (TPSA) is 12.9 Å². The van der Waals surface area contributed by atoms with Crippen LogP contribution < -0.4 is 0 Å². The van der Waals surface area contributed by atoms with Crippen LogP contribution in [0.4, 0.5) is 0 Å². The van der Waals surface area contributed by atoms with Gasteiger partial charge < -0.3 is 4.98 Å². The first-order valence-electron chi connectivity index (χ1n) is 12.2. The van der Waals surface area contributed by atoms with E-state index in [9.17, 15) is 0 Å². The molecule has 165 valence electrons. The molecular formula is C30H30IrN-. The molecule has 0 amide bonds. The second-order valence-electron chi connectivity index (χ2n) is 11.4. The van der Waals surface area contributed by atoms with Crippen LogP contribution in [-0.2, 0) is 30.9 Å². The molecule has 4 saturated carbocycles. The summed E-state index contributed by atoms with van der Waals surface area (Å²) in [5.74, 6) is 2.89. The molecule has 1 nitrogen and oxygen atoms in total. The second kappa shape index (κ2) is 7.12. The first-order valence-corrected chi connectivity index (χ1v) is 12.2. The summed E-state index contributed by atoms with van der Waals surface area (Å²) in [5, 5.41) is 0. The van der Waals surface area contributed by atoms with E-state index in [4.69, 9.17) is 4.98 Å². The van der Waals surface area contributed by atoms with Crippen molar-refractivity contribution >= 4 is 0 Å². The fraction of sp³-hybridized carbons (Fsp3) is 0.433. The molecule has 1 radical (unpaired) electrons. The maximum atomic E-state index is 4.91. The summed E-state index contributed by atoms with van der Waals surface area (Å²) in [5.41, 5.74) is 9.79. The molecule has 1 heterocycles. The van der Waals surface area contributed by atoms with E-state index in [0.29, 0.717) is 5.41 Å². The van der Waals surface area contributed by atoms with Gasteiger partial charge in [0.2, 0.25) is 0 Å². The van der Waals surface area contributed by atoms with Crippen LogP contribution in [0.5, 0.6) is 0 Å². The van der Waals surface area contributed by atoms with Crippen LogP contribution >= 0.6 is 0 Å². The number of hydrogen-bond acceptors (Lipinski definition) is 1. The first-order chi connectivity index (χ1) is 15.0. The predicted octanol–water partition coefficient (Wildman–Crippen LogP) is 7.32. The number of rotatable bonds is 2. The summed E-state index contributed by atoms with van der Waals surface area (Å²) in [7, 11) is 0. The van der Waals surface area contributed by atoms with Crippen LogP contribution in [-0.4, -0.2) is 4.98 Å². The van der Waals surface area contributed by atoms with Gasteiger partial charge in [-0.05, 0) is 95.6 Å². The summed E-state index contributed by atoms with van der Waals surface area (Å²) in [6.07, 6.45) is 10.7. The van der Waals surface area contributed by atoms with Gasteiger partial charge in [-0.1, -0.05) is 49.7 Å². The Morgan fingerprint density at radius 1 is 0.875 bits per heavy atom. The zero-order valence-corrected chi connectivity index (χ0v) is 21.3. The number of pyridine rings is 1. The van der Waals surface area contributed by atoms with Gasteiger partial charge in [0.05, 0.1) is 0 Å². The Balaban J connectivity index is 0.00000196. The average Bonchev–Trinajstić information content (AvgIpc) is 3.01. The van der Waals surface area contributed by atoms with E-state index < -0.39 is 0 Å². The Bertz CT molecular complexity index is 1170. The van der Waals surface area contributed by atoms with Crippen molar-refractivity contribution in [2.24, 2.45) is 17.8 Å². The first kappa shape index (κ1) is 20.8. The molecular weight excluding hydrogens is 567 g/mol. The van der Waals surface area contributed by atoms with Crippen LogP contribution in [0.15, 0.2) is 54.7 Å². The van der Waals surface area contributed by atoms with Crippen LogP contribution in [0.25, 0.3) is 22.4 Å². The van der Waals surface area contributed by atoms with Gasteiger partial charge in [-0.15, -0.1) is 29.3 Å². The minimum atomic E-state index is -0.0304. The maximum absolute atomic E-state index is 4.91. The summed E-state index contributed by atoms with van der Waals surface area (Å²) >= 11 is 0. The smallest absolute Gasteiger partial charge is 0.0163 e. The average molecular weight is 597 g/mol. The molecule has 1 aromatic heterocycles. The van der Waals surface area contributed by atoms with Crippen LogP contribution in [0.2, 0.25) is 0 Å². The maximum Gasteiger partial charge on any atom is 0.0163 e. The van der Waals surface area contributed by atoms with Crippen LogP contribution in [0, 0.1) is 23.8 Å². The molecule has 4 fully saturated rings. The molecule has 0 saturated heterocycles. The summed E-state index contributed by atoms with van der Waals surface area (Å²) in [4.78, 5) is 4.91. The van der Waals surface area contributed by atoms with E-state index in [2.05, 4.69) is 74.6 Å². The fourth-order valence-electron chi connectivity index (χ4n) is 8.33. The Labute approximate surface area is 205 Å².